The molecule has 35 heavy (non-hydrogen) atoms. The predicted octanol–water partition coefficient (Wildman–Crippen LogP) is 6.14. The first-order valence-electron chi connectivity index (χ1n) is 11.0. The van der Waals surface area contributed by atoms with Gasteiger partial charge in [-0.3, -0.25) is 4.79 Å². The molecular formula is C28H28O6S. The molecule has 0 aliphatic carbocycles. The first-order chi connectivity index (χ1) is 16.9. The number of methoxy groups -OCH3 is 1. The first-order valence-corrected chi connectivity index (χ1v) is 12.3. The van der Waals surface area contributed by atoms with Gasteiger partial charge in [0.2, 0.25) is 0 Å². The van der Waals surface area contributed by atoms with Crippen LogP contribution >= 0.6 is 11.8 Å². The third kappa shape index (κ3) is 7.47. The van der Waals surface area contributed by atoms with Gasteiger partial charge >= 0.3 is 11.6 Å². The van der Waals surface area contributed by atoms with Gasteiger partial charge in [-0.25, -0.2) is 4.79 Å². The fourth-order valence-electron chi connectivity index (χ4n) is 3.52. The number of aliphatic carboxylic acids is 1. The van der Waals surface area contributed by atoms with Crippen LogP contribution < -0.4 is 10.4 Å². The van der Waals surface area contributed by atoms with E-state index in [4.69, 9.17) is 19.0 Å². The monoisotopic (exact) mass is 492 g/mol. The molecule has 0 aliphatic rings. The second-order valence-electron chi connectivity index (χ2n) is 7.75. The normalized spacial score (nSPS) is 11.4. The Hall–Kier alpha value is -3.55. The van der Waals surface area contributed by atoms with Crippen LogP contribution in [0, 0.1) is 6.92 Å². The van der Waals surface area contributed by atoms with Crippen LogP contribution in [0.15, 0.2) is 88.1 Å². The van der Waals surface area contributed by atoms with Crippen molar-refractivity contribution in [1.82, 2.24) is 0 Å². The molecule has 182 valence electrons. The fraction of sp³-hybridized carbons (Fsp3) is 0.214. The van der Waals surface area contributed by atoms with Gasteiger partial charge in [-0.2, -0.15) is 0 Å². The Morgan fingerprint density at radius 1 is 1.00 bits per heavy atom. The van der Waals surface area contributed by atoms with E-state index in [0.29, 0.717) is 17.9 Å². The van der Waals surface area contributed by atoms with Crippen LogP contribution in [0.5, 0.6) is 5.75 Å². The summed E-state index contributed by atoms with van der Waals surface area (Å²) in [5.41, 5.74) is 3.49. The third-order valence-electron chi connectivity index (χ3n) is 5.18. The van der Waals surface area contributed by atoms with E-state index in [2.05, 4.69) is 0 Å². The van der Waals surface area contributed by atoms with Crippen molar-refractivity contribution < 1.29 is 23.8 Å². The molecule has 0 aliphatic heterocycles. The van der Waals surface area contributed by atoms with Gasteiger partial charge in [-0.1, -0.05) is 54.6 Å². The zero-order chi connectivity index (χ0) is 25.2. The highest BCUT2D eigenvalue weighted by Gasteiger charge is 2.15. The molecule has 0 fully saturated rings. The quantitative estimate of drug-likeness (QED) is 0.233. The number of benzene rings is 3. The Morgan fingerprint density at radius 2 is 1.71 bits per heavy atom. The van der Waals surface area contributed by atoms with Crippen molar-refractivity contribution in [3.8, 4) is 16.9 Å². The molecule has 0 amide bonds. The topological polar surface area (TPSA) is 86.0 Å². The second-order valence-corrected chi connectivity index (χ2v) is 8.75. The minimum Gasteiger partial charge on any atom is -0.481 e. The van der Waals surface area contributed by atoms with E-state index in [1.807, 2.05) is 67.6 Å². The Labute approximate surface area is 208 Å². The number of rotatable bonds is 8. The number of fused-ring (bicyclic) bond motifs is 1. The second kappa shape index (κ2) is 12.8. The zero-order valence-corrected chi connectivity index (χ0v) is 20.7. The Bertz CT molecular complexity index is 1320. The molecule has 1 unspecified atom stereocenters. The summed E-state index contributed by atoms with van der Waals surface area (Å²) in [5, 5.41) is 9.73. The van der Waals surface area contributed by atoms with E-state index in [9.17, 15) is 9.59 Å². The zero-order valence-electron chi connectivity index (χ0n) is 19.9. The van der Waals surface area contributed by atoms with E-state index < -0.39 is 17.0 Å². The van der Waals surface area contributed by atoms with Gasteiger partial charge in [0.25, 0.3) is 0 Å². The summed E-state index contributed by atoms with van der Waals surface area (Å²) in [7, 11) is 1.70. The van der Waals surface area contributed by atoms with Crippen molar-refractivity contribution in [3.63, 3.8) is 0 Å². The van der Waals surface area contributed by atoms with E-state index in [-0.39, 0.29) is 6.42 Å². The van der Waals surface area contributed by atoms with Gasteiger partial charge in [0.05, 0.1) is 13.0 Å². The molecule has 7 heteroatoms. The van der Waals surface area contributed by atoms with Crippen LogP contribution in [0.25, 0.3) is 22.1 Å². The van der Waals surface area contributed by atoms with Crippen molar-refractivity contribution in [1.29, 1.82) is 0 Å². The van der Waals surface area contributed by atoms with Crippen molar-refractivity contribution >= 4 is 28.7 Å². The summed E-state index contributed by atoms with van der Waals surface area (Å²) in [6, 6.07) is 24.6. The molecule has 0 radical (unpaired) electrons. The van der Waals surface area contributed by atoms with Gasteiger partial charge < -0.3 is 19.0 Å². The molecule has 1 heterocycles. The van der Waals surface area contributed by atoms with E-state index in [1.54, 1.807) is 25.5 Å². The maximum absolute atomic E-state index is 12.0. The number of carboxylic acids is 1. The summed E-state index contributed by atoms with van der Waals surface area (Å²) < 4.78 is 16.0. The molecule has 0 spiro atoms. The minimum absolute atomic E-state index is 0.119. The lowest BCUT2D eigenvalue weighted by Crippen LogP contribution is -2.16. The van der Waals surface area contributed by atoms with Crippen LogP contribution in [-0.2, 0) is 16.1 Å². The largest absolute Gasteiger partial charge is 0.481 e. The Kier molecular flexibility index (Phi) is 9.52. The number of carboxylic acid groups (broad SMARTS) is 1. The van der Waals surface area contributed by atoms with E-state index in [1.165, 1.54) is 23.4 Å². The summed E-state index contributed by atoms with van der Waals surface area (Å²) in [5.74, 6) is -0.471. The molecule has 3 aromatic carbocycles. The predicted molar refractivity (Wildman–Crippen MR) is 140 cm³/mol. The molecule has 0 saturated heterocycles. The number of carbonyl (C=O) groups is 1. The Morgan fingerprint density at radius 3 is 2.37 bits per heavy atom. The molecule has 1 N–H and O–H groups in total. The van der Waals surface area contributed by atoms with Crippen LogP contribution in [0.3, 0.4) is 0 Å². The third-order valence-corrected chi connectivity index (χ3v) is 5.97. The maximum atomic E-state index is 12.0. The highest BCUT2D eigenvalue weighted by atomic mass is 32.2. The molecule has 6 nitrogen and oxygen atoms in total. The number of hydrogen-bond acceptors (Lipinski definition) is 6. The average molecular weight is 493 g/mol. The lowest BCUT2D eigenvalue weighted by Gasteiger charge is -2.15. The average Bonchev–Trinajstić information content (AvgIpc) is 2.84. The van der Waals surface area contributed by atoms with Gasteiger partial charge in [0.15, 0.2) is 5.44 Å². The van der Waals surface area contributed by atoms with Crippen molar-refractivity contribution in [3.05, 3.63) is 100 Å². The highest BCUT2D eigenvalue weighted by molar-refractivity contribution is 7.99. The number of ether oxygens (including phenoxy) is 2. The van der Waals surface area contributed by atoms with Crippen LogP contribution in [-0.4, -0.2) is 29.9 Å². The summed E-state index contributed by atoms with van der Waals surface area (Å²) in [6.45, 7) is 2.70. The lowest BCUT2D eigenvalue weighted by atomic mass is 9.98. The van der Waals surface area contributed by atoms with Gasteiger partial charge in [-0.15, -0.1) is 11.8 Å². The van der Waals surface area contributed by atoms with Crippen molar-refractivity contribution in [2.24, 2.45) is 0 Å². The fourth-order valence-corrected chi connectivity index (χ4v) is 4.04. The summed E-state index contributed by atoms with van der Waals surface area (Å²) in [6.07, 6.45) is 1.66. The number of thioether (sulfide) groups is 1. The summed E-state index contributed by atoms with van der Waals surface area (Å²) in [4.78, 5) is 22.9. The number of hydrogen-bond donors (Lipinski definition) is 1. The molecule has 1 aromatic heterocycles. The van der Waals surface area contributed by atoms with Crippen molar-refractivity contribution in [2.75, 3.05) is 13.4 Å². The van der Waals surface area contributed by atoms with Crippen LogP contribution in [0.2, 0.25) is 0 Å². The minimum atomic E-state index is -0.932. The molecule has 0 saturated carbocycles. The highest BCUT2D eigenvalue weighted by Crippen LogP contribution is 2.32. The van der Waals surface area contributed by atoms with Crippen molar-refractivity contribution in [2.45, 2.75) is 25.4 Å². The van der Waals surface area contributed by atoms with Crippen LogP contribution in [0.4, 0.5) is 0 Å². The smallest absolute Gasteiger partial charge is 0.336 e. The molecule has 1 atom stereocenters. The maximum Gasteiger partial charge on any atom is 0.336 e. The lowest BCUT2D eigenvalue weighted by molar-refractivity contribution is -0.137. The molecule has 0 bridgehead atoms. The standard InChI is InChI=1S/C20H18O5S.C8H10O/c1-12-5-3-4-6-14(12)16-10-19(23)25-17-9-13(7-8-15(16)17)24-20(26-2)11-18(21)22;1-9-7-8-5-3-2-4-6-8/h3-10,20H,11H2,1-2H3,(H,21,22);2-6H,7H2,1H3. The number of aryl methyl sites for hydroxylation is 1. The van der Waals surface area contributed by atoms with E-state index in [0.717, 1.165) is 22.1 Å². The Balaban J connectivity index is 0.000000320. The molecule has 4 aromatic rings. The molecule has 4 rings (SSSR count). The molecular weight excluding hydrogens is 464 g/mol. The van der Waals surface area contributed by atoms with E-state index >= 15 is 0 Å². The van der Waals surface area contributed by atoms with Gasteiger partial charge in [0.1, 0.15) is 11.3 Å². The van der Waals surface area contributed by atoms with Gasteiger partial charge in [-0.05, 0) is 42.0 Å². The van der Waals surface area contributed by atoms with Crippen LogP contribution in [0.1, 0.15) is 17.5 Å². The van der Waals surface area contributed by atoms with Gasteiger partial charge in [0, 0.05) is 30.2 Å². The summed E-state index contributed by atoms with van der Waals surface area (Å²) >= 11 is 1.31. The SMILES string of the molecule is COCc1ccccc1.CSC(CC(=O)O)Oc1ccc2c(-c3ccccc3C)cc(=O)oc2c1. The first kappa shape index (κ1) is 26.1.